The van der Waals surface area contributed by atoms with Gasteiger partial charge in [0.15, 0.2) is 5.82 Å². The van der Waals surface area contributed by atoms with Gasteiger partial charge in [-0.05, 0) is 12.1 Å². The molecule has 2 aromatic rings. The summed E-state index contributed by atoms with van der Waals surface area (Å²) in [5, 5.41) is 13.0. The molecule has 0 saturated carbocycles. The first-order valence-corrected chi connectivity index (χ1v) is 4.91. The lowest BCUT2D eigenvalue weighted by molar-refractivity contribution is 0.0678. The van der Waals surface area contributed by atoms with Crippen molar-refractivity contribution in [1.29, 1.82) is 0 Å². The Kier molecular flexibility index (Phi) is 2.78. The number of nitrogens with zero attached hydrogens (tertiary/aromatic N) is 3. The van der Waals surface area contributed by atoms with Crippen LogP contribution in [0.4, 0.5) is 0 Å². The van der Waals surface area contributed by atoms with E-state index in [-0.39, 0.29) is 5.82 Å². The Hall–Kier alpha value is -2.37. The van der Waals surface area contributed by atoms with Crippen LogP contribution in [-0.2, 0) is 7.05 Å². The zero-order valence-electron chi connectivity index (χ0n) is 9.41. The number of ether oxygens (including phenoxy) is 1. The molecule has 1 N–H and O–H groups in total. The van der Waals surface area contributed by atoms with Crippen molar-refractivity contribution in [3.63, 3.8) is 0 Å². The van der Waals surface area contributed by atoms with E-state index in [2.05, 4.69) is 10.1 Å². The van der Waals surface area contributed by atoms with Crippen LogP contribution >= 0.6 is 0 Å². The van der Waals surface area contributed by atoms with E-state index in [0.29, 0.717) is 17.1 Å². The molecule has 0 aliphatic heterocycles. The molecule has 2 rings (SSSR count). The fraction of sp³-hybridized carbons (Fsp3) is 0.182. The van der Waals surface area contributed by atoms with Crippen LogP contribution in [0.5, 0.6) is 5.75 Å². The number of para-hydroxylation sites is 1. The quantitative estimate of drug-likeness (QED) is 0.861. The molecule has 17 heavy (non-hydrogen) atoms. The highest BCUT2D eigenvalue weighted by Gasteiger charge is 2.16. The number of hydrogen-bond acceptors (Lipinski definition) is 4. The van der Waals surface area contributed by atoms with Gasteiger partial charge in [-0.15, -0.1) is 0 Å². The van der Waals surface area contributed by atoms with E-state index >= 15 is 0 Å². The summed E-state index contributed by atoms with van der Waals surface area (Å²) in [7, 11) is 3.08. The molecule has 0 aliphatic carbocycles. The smallest absolute Gasteiger partial charge is 0.373 e. The summed E-state index contributed by atoms with van der Waals surface area (Å²) in [6.45, 7) is 0. The first-order valence-electron chi connectivity index (χ1n) is 4.91. The molecule has 0 atom stereocenters. The van der Waals surface area contributed by atoms with Crippen molar-refractivity contribution < 1.29 is 14.6 Å². The van der Waals surface area contributed by atoms with E-state index in [1.807, 2.05) is 12.1 Å². The Balaban J connectivity index is 2.53. The van der Waals surface area contributed by atoms with Gasteiger partial charge in [0.05, 0.1) is 12.7 Å². The minimum atomic E-state index is -1.11. The summed E-state index contributed by atoms with van der Waals surface area (Å²) in [4.78, 5) is 14.8. The Morgan fingerprint density at radius 1 is 1.41 bits per heavy atom. The predicted molar refractivity (Wildman–Crippen MR) is 60.0 cm³/mol. The van der Waals surface area contributed by atoms with Crippen molar-refractivity contribution >= 4 is 5.97 Å². The number of aryl methyl sites for hydroxylation is 1. The number of rotatable bonds is 3. The third-order valence-electron chi connectivity index (χ3n) is 2.30. The van der Waals surface area contributed by atoms with Gasteiger partial charge in [0, 0.05) is 7.05 Å². The maximum Gasteiger partial charge on any atom is 0.373 e. The molecule has 88 valence electrons. The standard InChI is InChI=1S/C11H11N3O3/c1-14-10(11(15)16)12-9(13-14)7-5-3-4-6-8(7)17-2/h3-6H,1-2H3,(H,15,16). The van der Waals surface area contributed by atoms with Crippen molar-refractivity contribution in [2.24, 2.45) is 7.05 Å². The van der Waals surface area contributed by atoms with Crippen molar-refractivity contribution in [2.45, 2.75) is 0 Å². The molecule has 1 heterocycles. The first kappa shape index (κ1) is 11.1. The van der Waals surface area contributed by atoms with Crippen molar-refractivity contribution in [2.75, 3.05) is 7.11 Å². The fourth-order valence-corrected chi connectivity index (χ4v) is 1.51. The van der Waals surface area contributed by atoms with Gasteiger partial charge in [0.25, 0.3) is 0 Å². The van der Waals surface area contributed by atoms with Gasteiger partial charge < -0.3 is 9.84 Å². The van der Waals surface area contributed by atoms with E-state index in [1.165, 1.54) is 11.7 Å². The van der Waals surface area contributed by atoms with Crippen LogP contribution in [0.3, 0.4) is 0 Å². The highest BCUT2D eigenvalue weighted by atomic mass is 16.5. The zero-order chi connectivity index (χ0) is 12.4. The molecule has 1 aromatic heterocycles. The van der Waals surface area contributed by atoms with E-state index < -0.39 is 5.97 Å². The summed E-state index contributed by atoms with van der Waals surface area (Å²) in [5.74, 6) is -0.274. The fourth-order valence-electron chi connectivity index (χ4n) is 1.51. The molecule has 0 fully saturated rings. The molecular formula is C11H11N3O3. The number of aromatic nitrogens is 3. The van der Waals surface area contributed by atoms with Crippen LogP contribution in [0.15, 0.2) is 24.3 Å². The van der Waals surface area contributed by atoms with Crippen molar-refractivity contribution in [3.05, 3.63) is 30.1 Å². The van der Waals surface area contributed by atoms with Gasteiger partial charge in [-0.25, -0.2) is 14.5 Å². The minimum Gasteiger partial charge on any atom is -0.496 e. The number of carboxylic acid groups (broad SMARTS) is 1. The average molecular weight is 233 g/mol. The average Bonchev–Trinajstić information content (AvgIpc) is 2.71. The molecule has 0 spiro atoms. The molecule has 6 nitrogen and oxygen atoms in total. The van der Waals surface area contributed by atoms with Gasteiger partial charge in [-0.3, -0.25) is 0 Å². The third kappa shape index (κ3) is 1.96. The second kappa shape index (κ2) is 4.25. The van der Waals surface area contributed by atoms with Crippen LogP contribution in [-0.4, -0.2) is 33.0 Å². The number of aromatic carboxylic acids is 1. The van der Waals surface area contributed by atoms with E-state index in [1.54, 1.807) is 19.2 Å². The molecule has 0 saturated heterocycles. The monoisotopic (exact) mass is 233 g/mol. The van der Waals surface area contributed by atoms with Crippen LogP contribution in [0.25, 0.3) is 11.4 Å². The molecule has 0 unspecified atom stereocenters. The second-order valence-corrected chi connectivity index (χ2v) is 3.39. The molecule has 0 amide bonds. The number of carboxylic acids is 1. The second-order valence-electron chi connectivity index (χ2n) is 3.39. The topological polar surface area (TPSA) is 77.2 Å². The summed E-state index contributed by atoms with van der Waals surface area (Å²) < 4.78 is 6.40. The highest BCUT2D eigenvalue weighted by Crippen LogP contribution is 2.26. The molecule has 1 aromatic carbocycles. The normalized spacial score (nSPS) is 10.2. The zero-order valence-corrected chi connectivity index (χ0v) is 9.41. The predicted octanol–water partition coefficient (Wildman–Crippen LogP) is 1.19. The first-order chi connectivity index (χ1) is 8.13. The maximum absolute atomic E-state index is 10.9. The van der Waals surface area contributed by atoms with Gasteiger partial charge in [0.2, 0.25) is 5.82 Å². The Morgan fingerprint density at radius 2 is 2.12 bits per heavy atom. The molecular weight excluding hydrogens is 222 g/mol. The number of carbonyl (C=O) groups is 1. The number of methoxy groups -OCH3 is 1. The maximum atomic E-state index is 10.9. The van der Waals surface area contributed by atoms with Gasteiger partial charge in [0.1, 0.15) is 5.75 Å². The number of benzene rings is 1. The van der Waals surface area contributed by atoms with Crippen LogP contribution < -0.4 is 4.74 Å². The molecule has 0 radical (unpaired) electrons. The number of hydrogen-bond donors (Lipinski definition) is 1. The summed E-state index contributed by atoms with van der Waals surface area (Å²) in [5.41, 5.74) is 0.665. The van der Waals surface area contributed by atoms with Gasteiger partial charge >= 0.3 is 5.97 Å². The highest BCUT2D eigenvalue weighted by molar-refractivity contribution is 5.84. The van der Waals surface area contributed by atoms with Gasteiger partial charge in [-0.1, -0.05) is 12.1 Å². The molecule has 0 aliphatic rings. The van der Waals surface area contributed by atoms with E-state index in [4.69, 9.17) is 9.84 Å². The Bertz CT molecular complexity index is 563. The summed E-state index contributed by atoms with van der Waals surface area (Å²) in [6.07, 6.45) is 0. The van der Waals surface area contributed by atoms with E-state index in [9.17, 15) is 4.79 Å². The lowest BCUT2D eigenvalue weighted by Gasteiger charge is -2.03. The lowest BCUT2D eigenvalue weighted by atomic mass is 10.2. The summed E-state index contributed by atoms with van der Waals surface area (Å²) in [6, 6.07) is 7.18. The third-order valence-corrected chi connectivity index (χ3v) is 2.30. The molecule has 0 bridgehead atoms. The molecule has 6 heteroatoms. The van der Waals surface area contributed by atoms with Crippen LogP contribution in [0.2, 0.25) is 0 Å². The largest absolute Gasteiger partial charge is 0.496 e. The summed E-state index contributed by atoms with van der Waals surface area (Å²) >= 11 is 0. The van der Waals surface area contributed by atoms with Gasteiger partial charge in [-0.2, -0.15) is 5.10 Å². The van der Waals surface area contributed by atoms with Crippen molar-refractivity contribution in [3.8, 4) is 17.1 Å². The van der Waals surface area contributed by atoms with Crippen LogP contribution in [0, 0.1) is 0 Å². The van der Waals surface area contributed by atoms with Crippen molar-refractivity contribution in [1.82, 2.24) is 14.8 Å². The minimum absolute atomic E-state index is 0.106. The van der Waals surface area contributed by atoms with Crippen LogP contribution in [0.1, 0.15) is 10.6 Å². The van der Waals surface area contributed by atoms with E-state index in [0.717, 1.165) is 0 Å². The lowest BCUT2D eigenvalue weighted by Crippen LogP contribution is -2.06. The Labute approximate surface area is 97.5 Å². The SMILES string of the molecule is COc1ccccc1-c1nc(C(=O)O)n(C)n1. The Morgan fingerprint density at radius 3 is 2.71 bits per heavy atom.